The lowest BCUT2D eigenvalue weighted by molar-refractivity contribution is 0.354. The number of hydrogen-bond acceptors (Lipinski definition) is 9. The molecule has 126 valence electrons. The van der Waals surface area contributed by atoms with Gasteiger partial charge in [0.05, 0.1) is 14.2 Å². The molecule has 0 saturated heterocycles. The number of aryl methyl sites for hydroxylation is 1. The van der Waals surface area contributed by atoms with Crippen molar-refractivity contribution in [1.29, 1.82) is 0 Å². The molecule has 23 heavy (non-hydrogen) atoms. The van der Waals surface area contributed by atoms with E-state index in [4.69, 9.17) is 15.2 Å². The number of tetrazole rings is 1. The fraction of sp³-hybridized carbons (Fsp3) is 0.615. The molecular weight excluding hydrogens is 318 g/mol. The number of anilines is 1. The molecule has 2 N–H and O–H groups in total. The van der Waals surface area contributed by atoms with Crippen LogP contribution in [0.1, 0.15) is 32.6 Å². The highest BCUT2D eigenvalue weighted by atomic mass is 32.2. The molecule has 0 unspecified atom stereocenters. The average molecular weight is 339 g/mol. The van der Waals surface area contributed by atoms with Gasteiger partial charge in [0.2, 0.25) is 22.9 Å². The Kier molecular flexibility index (Phi) is 6.39. The lowest BCUT2D eigenvalue weighted by Crippen LogP contribution is -2.05. The molecule has 2 heterocycles. The largest absolute Gasteiger partial charge is 0.480 e. The molecule has 10 heteroatoms. The Morgan fingerprint density at radius 2 is 1.78 bits per heavy atom. The van der Waals surface area contributed by atoms with Gasteiger partial charge in [-0.25, -0.2) is 4.68 Å². The van der Waals surface area contributed by atoms with E-state index in [0.717, 1.165) is 19.4 Å². The van der Waals surface area contributed by atoms with Crippen molar-refractivity contribution in [2.75, 3.05) is 20.0 Å². The number of hydrogen-bond donors (Lipinski definition) is 1. The van der Waals surface area contributed by atoms with Crippen molar-refractivity contribution in [1.82, 2.24) is 30.2 Å². The summed E-state index contributed by atoms with van der Waals surface area (Å²) in [7, 11) is 3.03. The first kappa shape index (κ1) is 17.3. The van der Waals surface area contributed by atoms with E-state index in [2.05, 4.69) is 32.4 Å². The van der Waals surface area contributed by atoms with Crippen molar-refractivity contribution < 1.29 is 9.47 Å². The van der Waals surface area contributed by atoms with Crippen LogP contribution in [-0.4, -0.2) is 44.4 Å². The summed E-state index contributed by atoms with van der Waals surface area (Å²) in [6, 6.07) is 0. The molecule has 0 spiro atoms. The van der Waals surface area contributed by atoms with E-state index in [1.165, 1.54) is 38.8 Å². The molecule has 0 saturated carbocycles. The van der Waals surface area contributed by atoms with Crippen LogP contribution in [0.4, 0.5) is 5.95 Å². The number of nitrogen functional groups attached to an aromatic ring is 1. The molecule has 0 bridgehead atoms. The third-order valence-corrected chi connectivity index (χ3v) is 4.15. The molecule has 0 aliphatic heterocycles. The molecule has 0 aromatic carbocycles. The van der Waals surface area contributed by atoms with Crippen LogP contribution in [0, 0.1) is 0 Å². The van der Waals surface area contributed by atoms with Gasteiger partial charge in [0.1, 0.15) is 4.90 Å². The van der Waals surface area contributed by atoms with Crippen LogP contribution < -0.4 is 15.2 Å². The van der Waals surface area contributed by atoms with E-state index in [1.807, 2.05) is 0 Å². The topological polar surface area (TPSA) is 114 Å². The molecule has 0 amide bonds. The summed E-state index contributed by atoms with van der Waals surface area (Å²) in [6.07, 6.45) is 4.57. The van der Waals surface area contributed by atoms with Gasteiger partial charge in [-0.2, -0.15) is 9.97 Å². The van der Waals surface area contributed by atoms with E-state index < -0.39 is 0 Å². The molecule has 0 fully saturated rings. The highest BCUT2D eigenvalue weighted by Crippen LogP contribution is 2.38. The number of nitrogens with two attached hydrogens (primary N) is 1. The minimum atomic E-state index is 0.0854. The first-order chi connectivity index (χ1) is 11.2. The molecule has 2 aromatic rings. The zero-order valence-electron chi connectivity index (χ0n) is 13.5. The minimum absolute atomic E-state index is 0.0854. The van der Waals surface area contributed by atoms with E-state index in [1.54, 1.807) is 4.68 Å². The van der Waals surface area contributed by atoms with Crippen molar-refractivity contribution in [3.8, 4) is 11.8 Å². The third-order valence-electron chi connectivity index (χ3n) is 3.12. The lowest BCUT2D eigenvalue weighted by atomic mass is 10.2. The SMILES string of the molecule is CCCCCCn1nnnc1Sc1c(OC)nc(N)nc1OC. The van der Waals surface area contributed by atoms with Gasteiger partial charge in [0.15, 0.2) is 0 Å². The first-order valence-corrected chi connectivity index (χ1v) is 8.20. The monoisotopic (exact) mass is 339 g/mol. The maximum Gasteiger partial charge on any atom is 0.236 e. The number of aromatic nitrogens is 6. The molecule has 0 aliphatic rings. The predicted molar refractivity (Wildman–Crippen MR) is 85.6 cm³/mol. The summed E-state index contributed by atoms with van der Waals surface area (Å²) in [5.74, 6) is 0.752. The zero-order valence-corrected chi connectivity index (χ0v) is 14.3. The molecule has 0 aliphatic carbocycles. The van der Waals surface area contributed by atoms with Crippen LogP contribution >= 0.6 is 11.8 Å². The summed E-state index contributed by atoms with van der Waals surface area (Å²) < 4.78 is 12.3. The Morgan fingerprint density at radius 3 is 2.39 bits per heavy atom. The molecular formula is C13H21N7O2S. The minimum Gasteiger partial charge on any atom is -0.480 e. The fourth-order valence-electron chi connectivity index (χ4n) is 1.98. The van der Waals surface area contributed by atoms with Gasteiger partial charge < -0.3 is 15.2 Å². The van der Waals surface area contributed by atoms with E-state index in [9.17, 15) is 0 Å². The number of nitrogens with zero attached hydrogens (tertiary/aromatic N) is 6. The van der Waals surface area contributed by atoms with Gasteiger partial charge in [-0.15, -0.1) is 5.10 Å². The Labute approximate surface area is 139 Å². The van der Waals surface area contributed by atoms with Crippen LogP contribution in [0.3, 0.4) is 0 Å². The van der Waals surface area contributed by atoms with Gasteiger partial charge in [-0.1, -0.05) is 26.2 Å². The molecule has 9 nitrogen and oxygen atoms in total. The average Bonchev–Trinajstić information content (AvgIpc) is 2.99. The predicted octanol–water partition coefficient (Wildman–Crippen LogP) is 1.79. The van der Waals surface area contributed by atoms with Crippen LogP contribution in [0.2, 0.25) is 0 Å². The molecule has 2 aromatic heterocycles. The smallest absolute Gasteiger partial charge is 0.236 e. The van der Waals surface area contributed by atoms with E-state index in [-0.39, 0.29) is 5.95 Å². The first-order valence-electron chi connectivity index (χ1n) is 7.39. The third kappa shape index (κ3) is 4.44. The van der Waals surface area contributed by atoms with Crippen LogP contribution in [0.15, 0.2) is 10.1 Å². The Hall–Kier alpha value is -2.10. The van der Waals surface area contributed by atoms with Gasteiger partial charge in [0, 0.05) is 6.54 Å². The highest BCUT2D eigenvalue weighted by molar-refractivity contribution is 7.99. The lowest BCUT2D eigenvalue weighted by Gasteiger charge is -2.11. The number of methoxy groups -OCH3 is 2. The van der Waals surface area contributed by atoms with Crippen molar-refractivity contribution in [3.63, 3.8) is 0 Å². The van der Waals surface area contributed by atoms with Gasteiger partial charge in [-0.05, 0) is 28.6 Å². The number of unbranched alkanes of at least 4 members (excludes halogenated alkanes) is 3. The summed E-state index contributed by atoms with van der Waals surface area (Å²) in [4.78, 5) is 8.72. The Bertz CT molecular complexity index is 610. The molecule has 0 radical (unpaired) electrons. The summed E-state index contributed by atoms with van der Waals surface area (Å²) in [5.41, 5.74) is 5.64. The van der Waals surface area contributed by atoms with Gasteiger partial charge in [-0.3, -0.25) is 0 Å². The second kappa shape index (κ2) is 8.51. The Balaban J connectivity index is 2.18. The number of ether oxygens (including phenoxy) is 2. The highest BCUT2D eigenvalue weighted by Gasteiger charge is 2.20. The quantitative estimate of drug-likeness (QED) is 0.683. The summed E-state index contributed by atoms with van der Waals surface area (Å²) in [5, 5.41) is 12.4. The maximum absolute atomic E-state index is 5.64. The van der Waals surface area contributed by atoms with Crippen LogP contribution in [-0.2, 0) is 6.54 Å². The normalized spacial score (nSPS) is 10.7. The van der Waals surface area contributed by atoms with E-state index >= 15 is 0 Å². The maximum atomic E-state index is 5.64. The summed E-state index contributed by atoms with van der Waals surface area (Å²) in [6.45, 7) is 2.94. The van der Waals surface area contributed by atoms with Crippen molar-refractivity contribution in [2.24, 2.45) is 0 Å². The van der Waals surface area contributed by atoms with Crippen molar-refractivity contribution >= 4 is 17.7 Å². The Morgan fingerprint density at radius 1 is 1.09 bits per heavy atom. The second-order valence-electron chi connectivity index (χ2n) is 4.78. The van der Waals surface area contributed by atoms with Crippen molar-refractivity contribution in [3.05, 3.63) is 0 Å². The molecule has 2 rings (SSSR count). The second-order valence-corrected chi connectivity index (χ2v) is 5.75. The van der Waals surface area contributed by atoms with E-state index in [0.29, 0.717) is 21.8 Å². The van der Waals surface area contributed by atoms with Gasteiger partial charge >= 0.3 is 0 Å². The van der Waals surface area contributed by atoms with Gasteiger partial charge in [0.25, 0.3) is 0 Å². The van der Waals surface area contributed by atoms with Crippen molar-refractivity contribution in [2.45, 2.75) is 49.2 Å². The standard InChI is InChI=1S/C13H21N7O2S/c1-4-5-6-7-8-20-13(17-18-19-20)23-9-10(21-2)15-12(14)16-11(9)22-3/h4-8H2,1-3H3,(H2,14,15,16). The fourth-order valence-corrected chi connectivity index (χ4v) is 2.91. The summed E-state index contributed by atoms with van der Waals surface area (Å²) >= 11 is 1.29. The number of rotatable bonds is 9. The van der Waals surface area contributed by atoms with Crippen LogP contribution in [0.5, 0.6) is 11.8 Å². The van der Waals surface area contributed by atoms with Crippen LogP contribution in [0.25, 0.3) is 0 Å². The molecule has 0 atom stereocenters. The zero-order chi connectivity index (χ0) is 16.7.